The summed E-state index contributed by atoms with van der Waals surface area (Å²) in [6.45, 7) is 10.3. The van der Waals surface area contributed by atoms with E-state index in [9.17, 15) is 27.6 Å². The van der Waals surface area contributed by atoms with Gasteiger partial charge in [-0.3, -0.25) is 15.0 Å². The highest BCUT2D eigenvalue weighted by molar-refractivity contribution is 6.05. The van der Waals surface area contributed by atoms with Gasteiger partial charge in [0.1, 0.15) is 17.2 Å². The summed E-state index contributed by atoms with van der Waals surface area (Å²) >= 11 is 0. The monoisotopic (exact) mass is 484 g/mol. The molecule has 2 rings (SSSR count). The standard InChI is InChI=1S/C12H13F3N2O3.C10H14N2O2/c1-11(2,3)20-10(19)17-9-7(5-4-6-16-9)8(18)12(13,14)15;1-10(2,3)12(9(13)14)8-6-4-5-7-11-8/h4-6H,1-3H3,(H,16,17,19);4-7H,1-3H3,(H,13,14). The molecule has 0 aromatic carbocycles. The van der Waals surface area contributed by atoms with Crippen molar-refractivity contribution in [2.24, 2.45) is 0 Å². The van der Waals surface area contributed by atoms with E-state index in [1.54, 1.807) is 45.2 Å². The van der Waals surface area contributed by atoms with E-state index >= 15 is 0 Å². The Kier molecular flexibility index (Phi) is 9.12. The van der Waals surface area contributed by atoms with Gasteiger partial charge in [0.2, 0.25) is 0 Å². The van der Waals surface area contributed by atoms with E-state index in [1.165, 1.54) is 11.0 Å². The minimum absolute atomic E-state index is 0.451. The summed E-state index contributed by atoms with van der Waals surface area (Å²) in [6, 6.07) is 7.30. The van der Waals surface area contributed by atoms with Crippen LogP contribution >= 0.6 is 0 Å². The van der Waals surface area contributed by atoms with Crippen LogP contribution in [0.15, 0.2) is 42.7 Å². The Labute approximate surface area is 195 Å². The molecule has 12 heteroatoms. The molecule has 2 N–H and O–H groups in total. The maximum Gasteiger partial charge on any atom is 0.455 e. The second kappa shape index (κ2) is 10.9. The van der Waals surface area contributed by atoms with Gasteiger partial charge in [-0.2, -0.15) is 13.2 Å². The summed E-state index contributed by atoms with van der Waals surface area (Å²) in [6.07, 6.45) is -4.30. The number of aromatic nitrogens is 2. The van der Waals surface area contributed by atoms with E-state index in [-0.39, 0.29) is 0 Å². The molecule has 0 aliphatic heterocycles. The van der Waals surface area contributed by atoms with Crippen molar-refractivity contribution in [1.82, 2.24) is 9.97 Å². The van der Waals surface area contributed by atoms with Crippen LogP contribution in [0.1, 0.15) is 51.9 Å². The number of hydrogen-bond acceptors (Lipinski definition) is 6. The molecular weight excluding hydrogens is 457 g/mol. The van der Waals surface area contributed by atoms with E-state index in [1.807, 2.05) is 26.1 Å². The number of halogens is 3. The number of carboxylic acid groups (broad SMARTS) is 1. The summed E-state index contributed by atoms with van der Waals surface area (Å²) in [5.41, 5.74) is -2.06. The lowest BCUT2D eigenvalue weighted by atomic mass is 10.1. The number of carbonyl (C=O) groups is 3. The van der Waals surface area contributed by atoms with Gasteiger partial charge in [0.25, 0.3) is 5.78 Å². The molecule has 0 unspecified atom stereocenters. The fraction of sp³-hybridized carbons (Fsp3) is 0.409. The van der Waals surface area contributed by atoms with Gasteiger partial charge in [0, 0.05) is 17.9 Å². The van der Waals surface area contributed by atoms with Crippen LogP contribution in [0.4, 0.5) is 34.4 Å². The maximum atomic E-state index is 12.4. The van der Waals surface area contributed by atoms with E-state index < -0.39 is 46.7 Å². The molecule has 0 aliphatic carbocycles. The van der Waals surface area contributed by atoms with Crippen molar-refractivity contribution in [3.63, 3.8) is 0 Å². The Morgan fingerprint density at radius 3 is 1.97 bits per heavy atom. The lowest BCUT2D eigenvalue weighted by molar-refractivity contribution is -0.0885. The number of hydrogen-bond donors (Lipinski definition) is 2. The van der Waals surface area contributed by atoms with Crippen LogP contribution in [0.5, 0.6) is 0 Å². The van der Waals surface area contributed by atoms with Crippen LogP contribution < -0.4 is 10.2 Å². The van der Waals surface area contributed by atoms with E-state index in [0.29, 0.717) is 5.82 Å². The molecule has 2 amide bonds. The van der Waals surface area contributed by atoms with Crippen LogP contribution in [0.2, 0.25) is 0 Å². The van der Waals surface area contributed by atoms with Crippen molar-refractivity contribution >= 4 is 29.6 Å². The fourth-order valence-electron chi connectivity index (χ4n) is 2.46. The zero-order chi connectivity index (χ0) is 26.3. The predicted molar refractivity (Wildman–Crippen MR) is 119 cm³/mol. The molecule has 2 heterocycles. The van der Waals surface area contributed by atoms with Crippen LogP contribution in [0, 0.1) is 0 Å². The van der Waals surface area contributed by atoms with E-state index in [0.717, 1.165) is 12.3 Å². The normalized spacial score (nSPS) is 11.6. The molecule has 0 saturated carbocycles. The summed E-state index contributed by atoms with van der Waals surface area (Å²) in [7, 11) is 0. The average molecular weight is 484 g/mol. The third-order valence-corrected chi connectivity index (χ3v) is 3.67. The first-order valence-electron chi connectivity index (χ1n) is 9.94. The van der Waals surface area contributed by atoms with Crippen molar-refractivity contribution < 1.29 is 37.4 Å². The van der Waals surface area contributed by atoms with Crippen LogP contribution in [0.25, 0.3) is 0 Å². The van der Waals surface area contributed by atoms with Crippen LogP contribution in [-0.2, 0) is 4.74 Å². The maximum absolute atomic E-state index is 12.4. The molecule has 0 spiro atoms. The van der Waals surface area contributed by atoms with Gasteiger partial charge in [-0.25, -0.2) is 19.6 Å². The number of Topliss-reactive ketones (excluding diaryl/α,β-unsaturated/α-hetero) is 1. The number of amides is 2. The quantitative estimate of drug-likeness (QED) is 0.549. The summed E-state index contributed by atoms with van der Waals surface area (Å²) in [5, 5.41) is 11.1. The SMILES string of the molecule is CC(C)(C)N(C(=O)O)c1ccccn1.CC(C)(C)OC(=O)Nc1ncccc1C(=O)C(F)(F)F. The Hall–Kier alpha value is -3.70. The molecule has 2 aromatic rings. The van der Waals surface area contributed by atoms with E-state index in [4.69, 9.17) is 9.84 Å². The highest BCUT2D eigenvalue weighted by Crippen LogP contribution is 2.25. The van der Waals surface area contributed by atoms with Crippen LogP contribution in [0.3, 0.4) is 0 Å². The number of pyridine rings is 2. The zero-order valence-corrected chi connectivity index (χ0v) is 19.6. The topological polar surface area (TPSA) is 122 Å². The molecule has 0 aliphatic rings. The van der Waals surface area contributed by atoms with Crippen molar-refractivity contribution in [3.8, 4) is 0 Å². The van der Waals surface area contributed by atoms with Gasteiger partial charge >= 0.3 is 18.4 Å². The van der Waals surface area contributed by atoms with Crippen molar-refractivity contribution in [2.45, 2.75) is 58.9 Å². The average Bonchev–Trinajstić information content (AvgIpc) is 2.65. The Bertz CT molecular complexity index is 1000. The first-order chi connectivity index (χ1) is 15.4. The van der Waals surface area contributed by atoms with Gasteiger partial charge < -0.3 is 9.84 Å². The number of nitrogens with zero attached hydrogens (tertiary/aromatic N) is 3. The minimum Gasteiger partial charge on any atom is -0.465 e. The molecule has 34 heavy (non-hydrogen) atoms. The molecule has 0 fully saturated rings. The summed E-state index contributed by atoms with van der Waals surface area (Å²) in [4.78, 5) is 42.5. The number of carbonyl (C=O) groups excluding carboxylic acids is 2. The Balaban J connectivity index is 0.000000362. The number of alkyl halides is 3. The molecule has 0 saturated heterocycles. The third-order valence-electron chi connectivity index (χ3n) is 3.67. The van der Waals surface area contributed by atoms with Gasteiger partial charge in [0.05, 0.1) is 5.56 Å². The largest absolute Gasteiger partial charge is 0.465 e. The second-order valence-electron chi connectivity index (χ2n) is 8.83. The minimum atomic E-state index is -5.05. The van der Waals surface area contributed by atoms with Gasteiger partial charge in [-0.1, -0.05) is 6.07 Å². The number of nitrogens with one attached hydrogen (secondary N) is 1. The van der Waals surface area contributed by atoms with Gasteiger partial charge in [-0.15, -0.1) is 0 Å². The smallest absolute Gasteiger partial charge is 0.455 e. The third kappa shape index (κ3) is 9.04. The Morgan fingerprint density at radius 2 is 1.53 bits per heavy atom. The Morgan fingerprint density at radius 1 is 0.941 bits per heavy atom. The van der Waals surface area contributed by atoms with E-state index in [2.05, 4.69) is 9.97 Å². The summed E-state index contributed by atoms with van der Waals surface area (Å²) < 4.78 is 42.1. The molecule has 2 aromatic heterocycles. The molecule has 0 radical (unpaired) electrons. The summed E-state index contributed by atoms with van der Waals surface area (Å²) in [5.74, 6) is -2.13. The molecule has 0 bridgehead atoms. The van der Waals surface area contributed by atoms with Gasteiger partial charge in [0.15, 0.2) is 0 Å². The van der Waals surface area contributed by atoms with Crippen molar-refractivity contribution in [3.05, 3.63) is 48.3 Å². The predicted octanol–water partition coefficient (Wildman–Crippen LogP) is 5.54. The van der Waals surface area contributed by atoms with Crippen LogP contribution in [-0.4, -0.2) is 50.4 Å². The van der Waals surface area contributed by atoms with Gasteiger partial charge in [-0.05, 0) is 65.8 Å². The second-order valence-corrected chi connectivity index (χ2v) is 8.83. The lowest BCUT2D eigenvalue weighted by Gasteiger charge is -2.31. The number of anilines is 2. The highest BCUT2D eigenvalue weighted by atomic mass is 19.4. The number of ketones is 1. The zero-order valence-electron chi connectivity index (χ0n) is 19.6. The molecule has 0 atom stereocenters. The lowest BCUT2D eigenvalue weighted by Crippen LogP contribution is -2.45. The highest BCUT2D eigenvalue weighted by Gasteiger charge is 2.41. The fourth-order valence-corrected chi connectivity index (χ4v) is 2.46. The van der Waals surface area contributed by atoms with Crippen molar-refractivity contribution in [1.29, 1.82) is 0 Å². The molecule has 186 valence electrons. The number of rotatable bonds is 3. The molecule has 9 nitrogen and oxygen atoms in total. The van der Waals surface area contributed by atoms with Crippen molar-refractivity contribution in [2.75, 3.05) is 10.2 Å². The molecular formula is C22H27F3N4O5. The first-order valence-corrected chi connectivity index (χ1v) is 9.94. The first kappa shape index (κ1) is 28.3. The number of ether oxygens (including phenoxy) is 1.